The molecule has 0 fully saturated rings. The van der Waals surface area contributed by atoms with Gasteiger partial charge in [0.1, 0.15) is 5.75 Å². The molecule has 0 radical (unpaired) electrons. The Morgan fingerprint density at radius 2 is 1.95 bits per heavy atom. The molecule has 0 aliphatic carbocycles. The molecular weight excluding hydrogens is 260 g/mol. The Balaban J connectivity index is 1.92. The number of hydrogen-bond donors (Lipinski definition) is 1. The normalized spacial score (nSPS) is 10.4. The van der Waals surface area contributed by atoms with Crippen LogP contribution in [0, 0.1) is 0 Å². The molecule has 0 saturated heterocycles. The van der Waals surface area contributed by atoms with Crippen LogP contribution in [-0.2, 0) is 6.54 Å². The Morgan fingerprint density at radius 1 is 1.16 bits per heavy atom. The molecule has 0 bridgehead atoms. The van der Waals surface area contributed by atoms with E-state index in [9.17, 15) is 0 Å². The molecule has 2 aromatic rings. The fraction of sp³-hybridized carbons (Fsp3) is 0.267. The van der Waals surface area contributed by atoms with Gasteiger partial charge < -0.3 is 10.1 Å². The van der Waals surface area contributed by atoms with Gasteiger partial charge in [-0.3, -0.25) is 0 Å². The van der Waals surface area contributed by atoms with Gasteiger partial charge in [-0.25, -0.2) is 4.98 Å². The van der Waals surface area contributed by atoms with Crippen molar-refractivity contribution < 1.29 is 4.74 Å². The van der Waals surface area contributed by atoms with Crippen LogP contribution in [0.3, 0.4) is 0 Å². The third kappa shape index (κ3) is 4.54. The molecule has 1 aromatic heterocycles. The van der Waals surface area contributed by atoms with E-state index < -0.39 is 0 Å². The highest BCUT2D eigenvalue weighted by Crippen LogP contribution is 2.21. The first-order valence-corrected chi connectivity index (χ1v) is 6.75. The molecule has 3 nitrogen and oxygen atoms in total. The lowest BCUT2D eigenvalue weighted by molar-refractivity contribution is 0.462. The smallest absolute Gasteiger partial charge is 0.219 e. The number of nitrogens with zero attached hydrogens (tertiary/aromatic N) is 1. The minimum Gasteiger partial charge on any atom is -0.439 e. The number of benzene rings is 1. The fourth-order valence-electron chi connectivity index (χ4n) is 1.61. The van der Waals surface area contributed by atoms with E-state index in [-0.39, 0.29) is 0 Å². The van der Waals surface area contributed by atoms with Gasteiger partial charge in [0.2, 0.25) is 5.88 Å². The highest BCUT2D eigenvalue weighted by atomic mass is 35.5. The van der Waals surface area contributed by atoms with Gasteiger partial charge in [-0.05, 0) is 42.8 Å². The van der Waals surface area contributed by atoms with Crippen molar-refractivity contribution in [3.63, 3.8) is 0 Å². The Hall–Kier alpha value is -1.58. The van der Waals surface area contributed by atoms with Crippen molar-refractivity contribution in [3.8, 4) is 11.6 Å². The number of halogens is 1. The number of pyridine rings is 1. The monoisotopic (exact) mass is 276 g/mol. The van der Waals surface area contributed by atoms with E-state index in [2.05, 4.69) is 17.2 Å². The summed E-state index contributed by atoms with van der Waals surface area (Å²) < 4.78 is 5.62. The molecule has 4 heteroatoms. The first kappa shape index (κ1) is 13.8. The molecular formula is C15H17ClN2O. The second-order valence-electron chi connectivity index (χ2n) is 4.24. The highest BCUT2D eigenvalue weighted by molar-refractivity contribution is 6.30. The number of ether oxygens (including phenoxy) is 1. The summed E-state index contributed by atoms with van der Waals surface area (Å²) in [5.41, 5.74) is 1.15. The van der Waals surface area contributed by atoms with Crippen LogP contribution in [0.5, 0.6) is 11.6 Å². The average molecular weight is 277 g/mol. The lowest BCUT2D eigenvalue weighted by Crippen LogP contribution is -2.13. The van der Waals surface area contributed by atoms with Crippen LogP contribution >= 0.6 is 11.6 Å². The molecule has 1 heterocycles. The van der Waals surface area contributed by atoms with Gasteiger partial charge in [-0.15, -0.1) is 0 Å². The zero-order valence-electron chi connectivity index (χ0n) is 10.9. The van der Waals surface area contributed by atoms with Crippen molar-refractivity contribution in [2.75, 3.05) is 6.54 Å². The molecule has 0 unspecified atom stereocenters. The minimum atomic E-state index is 0.585. The van der Waals surface area contributed by atoms with Crippen LogP contribution in [0.15, 0.2) is 42.6 Å². The van der Waals surface area contributed by atoms with Crippen molar-refractivity contribution in [1.82, 2.24) is 10.3 Å². The van der Waals surface area contributed by atoms with Gasteiger partial charge in [0, 0.05) is 23.8 Å². The Morgan fingerprint density at radius 3 is 2.58 bits per heavy atom. The Bertz CT molecular complexity index is 497. The van der Waals surface area contributed by atoms with Gasteiger partial charge in [0.15, 0.2) is 0 Å². The summed E-state index contributed by atoms with van der Waals surface area (Å²) in [6.45, 7) is 4.00. The van der Waals surface area contributed by atoms with E-state index in [0.29, 0.717) is 10.9 Å². The quantitative estimate of drug-likeness (QED) is 0.809. The molecule has 0 spiro atoms. The van der Waals surface area contributed by atoms with E-state index in [1.165, 1.54) is 0 Å². The van der Waals surface area contributed by atoms with Crippen LogP contribution in [0.4, 0.5) is 0 Å². The zero-order valence-corrected chi connectivity index (χ0v) is 11.7. The average Bonchev–Trinajstić information content (AvgIpc) is 2.44. The van der Waals surface area contributed by atoms with Crippen LogP contribution in [0.25, 0.3) is 0 Å². The number of hydrogen-bond acceptors (Lipinski definition) is 3. The summed E-state index contributed by atoms with van der Waals surface area (Å²) in [6.07, 6.45) is 2.96. The van der Waals surface area contributed by atoms with Gasteiger partial charge in [-0.2, -0.15) is 0 Å². The topological polar surface area (TPSA) is 34.1 Å². The number of nitrogens with one attached hydrogen (secondary N) is 1. The first-order chi connectivity index (χ1) is 9.28. The SMILES string of the molecule is CCCNCc1ccc(Oc2ccc(Cl)cc2)nc1. The standard InChI is InChI=1S/C15H17ClN2O/c1-2-9-17-10-12-3-8-15(18-11-12)19-14-6-4-13(16)5-7-14/h3-8,11,17H,2,9-10H2,1H3. The molecule has 0 aliphatic heterocycles. The first-order valence-electron chi connectivity index (χ1n) is 6.37. The van der Waals surface area contributed by atoms with Gasteiger partial charge in [0.25, 0.3) is 0 Å². The van der Waals surface area contributed by atoms with Gasteiger partial charge in [-0.1, -0.05) is 24.6 Å². The lowest BCUT2D eigenvalue weighted by atomic mass is 10.3. The Labute approximate surface area is 118 Å². The summed E-state index contributed by atoms with van der Waals surface area (Å²) >= 11 is 5.82. The molecule has 19 heavy (non-hydrogen) atoms. The molecule has 100 valence electrons. The fourth-order valence-corrected chi connectivity index (χ4v) is 1.73. The van der Waals surface area contributed by atoms with Crippen LogP contribution < -0.4 is 10.1 Å². The number of aromatic nitrogens is 1. The molecule has 2 rings (SSSR count). The van der Waals surface area contributed by atoms with Crippen LogP contribution in [-0.4, -0.2) is 11.5 Å². The maximum atomic E-state index is 5.82. The van der Waals surface area contributed by atoms with Crippen molar-refractivity contribution in [1.29, 1.82) is 0 Å². The molecule has 1 N–H and O–H groups in total. The van der Waals surface area contributed by atoms with Crippen LogP contribution in [0.1, 0.15) is 18.9 Å². The van der Waals surface area contributed by atoms with Gasteiger partial charge in [0.05, 0.1) is 0 Å². The summed E-state index contributed by atoms with van der Waals surface area (Å²) in [7, 11) is 0. The van der Waals surface area contributed by atoms with E-state index in [1.807, 2.05) is 30.5 Å². The Kier molecular flexibility index (Phi) is 5.19. The van der Waals surface area contributed by atoms with Gasteiger partial charge >= 0.3 is 0 Å². The van der Waals surface area contributed by atoms with Crippen molar-refractivity contribution in [3.05, 3.63) is 53.2 Å². The lowest BCUT2D eigenvalue weighted by Gasteiger charge is -2.06. The summed E-state index contributed by atoms with van der Waals surface area (Å²) in [5.74, 6) is 1.32. The molecule has 0 saturated carbocycles. The second-order valence-corrected chi connectivity index (χ2v) is 4.67. The predicted molar refractivity (Wildman–Crippen MR) is 77.8 cm³/mol. The van der Waals surface area contributed by atoms with E-state index >= 15 is 0 Å². The summed E-state index contributed by atoms with van der Waals surface area (Å²) in [4.78, 5) is 4.28. The van der Waals surface area contributed by atoms with Crippen molar-refractivity contribution in [2.24, 2.45) is 0 Å². The predicted octanol–water partition coefficient (Wildman–Crippen LogP) is 4.03. The minimum absolute atomic E-state index is 0.585. The third-order valence-corrected chi connectivity index (χ3v) is 2.84. The second kappa shape index (κ2) is 7.12. The summed E-state index contributed by atoms with van der Waals surface area (Å²) in [5, 5.41) is 4.02. The van der Waals surface area contributed by atoms with E-state index in [4.69, 9.17) is 16.3 Å². The highest BCUT2D eigenvalue weighted by Gasteiger charge is 1.99. The maximum absolute atomic E-state index is 5.82. The van der Waals surface area contributed by atoms with Crippen molar-refractivity contribution in [2.45, 2.75) is 19.9 Å². The molecule has 0 aliphatic rings. The molecule has 0 atom stereocenters. The van der Waals surface area contributed by atoms with Crippen molar-refractivity contribution >= 4 is 11.6 Å². The van der Waals surface area contributed by atoms with E-state index in [0.717, 1.165) is 30.8 Å². The zero-order chi connectivity index (χ0) is 13.5. The molecule has 1 aromatic carbocycles. The van der Waals surface area contributed by atoms with E-state index in [1.54, 1.807) is 12.1 Å². The van der Waals surface area contributed by atoms with Crippen LogP contribution in [0.2, 0.25) is 5.02 Å². The third-order valence-electron chi connectivity index (χ3n) is 2.59. The maximum Gasteiger partial charge on any atom is 0.219 e. The molecule has 0 amide bonds. The number of rotatable bonds is 6. The summed E-state index contributed by atoms with van der Waals surface area (Å²) in [6, 6.07) is 11.1. The largest absolute Gasteiger partial charge is 0.439 e.